The number of ether oxygens (including phenoxy) is 1. The maximum Gasteiger partial charge on any atom is 0.137 e. The van der Waals surface area contributed by atoms with Crippen molar-refractivity contribution in [2.75, 3.05) is 13.2 Å². The third-order valence-electron chi connectivity index (χ3n) is 4.77. The van der Waals surface area contributed by atoms with Gasteiger partial charge in [-0.2, -0.15) is 0 Å². The van der Waals surface area contributed by atoms with Gasteiger partial charge in [-0.3, -0.25) is 0 Å². The second kappa shape index (κ2) is 5.72. The minimum atomic E-state index is 0.654. The molecule has 2 bridgehead atoms. The number of hydrogen-bond donors (Lipinski definition) is 1. The summed E-state index contributed by atoms with van der Waals surface area (Å²) in [6.07, 6.45) is 6.49. The highest BCUT2D eigenvalue weighted by atomic mass is 35.5. The predicted molar refractivity (Wildman–Crippen MR) is 78.6 cm³/mol. The van der Waals surface area contributed by atoms with Crippen molar-refractivity contribution in [2.45, 2.75) is 32.1 Å². The lowest BCUT2D eigenvalue weighted by atomic mass is 9.89. The normalized spacial score (nSPS) is 28.8. The van der Waals surface area contributed by atoms with Crippen LogP contribution in [0.3, 0.4) is 0 Å². The van der Waals surface area contributed by atoms with E-state index < -0.39 is 0 Å². The summed E-state index contributed by atoms with van der Waals surface area (Å²) in [5.74, 6) is 3.45. The van der Waals surface area contributed by atoms with Gasteiger partial charge in [0.25, 0.3) is 0 Å². The maximum atomic E-state index is 6.26. The predicted octanol–water partition coefficient (Wildman–Crippen LogP) is 3.66. The van der Waals surface area contributed by atoms with E-state index in [1.807, 2.05) is 12.1 Å². The molecule has 2 saturated carbocycles. The van der Waals surface area contributed by atoms with Crippen LogP contribution in [0.15, 0.2) is 18.2 Å². The van der Waals surface area contributed by atoms with E-state index in [0.29, 0.717) is 11.6 Å². The first-order valence-corrected chi connectivity index (χ1v) is 7.75. The third-order valence-corrected chi connectivity index (χ3v) is 5.06. The van der Waals surface area contributed by atoms with Crippen LogP contribution < -0.4 is 10.5 Å². The molecule has 0 heterocycles. The Morgan fingerprint density at radius 3 is 2.79 bits per heavy atom. The van der Waals surface area contributed by atoms with Crippen molar-refractivity contribution in [3.8, 4) is 5.75 Å². The zero-order valence-electron chi connectivity index (χ0n) is 11.3. The van der Waals surface area contributed by atoms with Crippen molar-refractivity contribution in [1.29, 1.82) is 0 Å². The van der Waals surface area contributed by atoms with Gasteiger partial charge in [-0.1, -0.05) is 24.1 Å². The topological polar surface area (TPSA) is 35.2 Å². The molecule has 3 unspecified atom stereocenters. The van der Waals surface area contributed by atoms with Crippen molar-refractivity contribution < 1.29 is 4.74 Å². The summed E-state index contributed by atoms with van der Waals surface area (Å²) in [7, 11) is 0. The number of halogens is 1. The van der Waals surface area contributed by atoms with E-state index >= 15 is 0 Å². The number of nitrogens with two attached hydrogens (primary N) is 1. The molecule has 104 valence electrons. The fourth-order valence-corrected chi connectivity index (χ4v) is 4.02. The van der Waals surface area contributed by atoms with Crippen LogP contribution in [0.1, 0.15) is 31.2 Å². The van der Waals surface area contributed by atoms with Crippen LogP contribution in [-0.2, 0) is 6.42 Å². The molecule has 2 fully saturated rings. The fraction of sp³-hybridized carbons (Fsp3) is 0.625. The monoisotopic (exact) mass is 279 g/mol. The molecule has 2 aliphatic carbocycles. The van der Waals surface area contributed by atoms with Crippen LogP contribution in [0, 0.1) is 17.8 Å². The Balaban J connectivity index is 1.58. The van der Waals surface area contributed by atoms with Gasteiger partial charge < -0.3 is 10.5 Å². The molecule has 0 aromatic heterocycles. The van der Waals surface area contributed by atoms with Gasteiger partial charge >= 0.3 is 0 Å². The molecule has 1 aromatic rings. The smallest absolute Gasteiger partial charge is 0.137 e. The number of fused-ring (bicyclic) bond motifs is 2. The Labute approximate surface area is 120 Å². The van der Waals surface area contributed by atoms with Gasteiger partial charge in [-0.05, 0) is 67.7 Å². The van der Waals surface area contributed by atoms with E-state index in [-0.39, 0.29) is 0 Å². The van der Waals surface area contributed by atoms with E-state index in [1.54, 1.807) is 0 Å². The van der Waals surface area contributed by atoms with Crippen LogP contribution in [0.4, 0.5) is 0 Å². The standard InChI is InChI=1S/C16H22ClNO/c17-15-9-11(5-6-18)2-4-16(15)19-10-14-8-12-1-3-13(14)7-12/h2,4,9,12-14H,1,3,5-8,10,18H2. The minimum absolute atomic E-state index is 0.654. The largest absolute Gasteiger partial charge is 0.492 e. The van der Waals surface area contributed by atoms with Crippen molar-refractivity contribution in [2.24, 2.45) is 23.5 Å². The lowest BCUT2D eigenvalue weighted by molar-refractivity contribution is 0.195. The molecule has 3 heteroatoms. The van der Waals surface area contributed by atoms with E-state index in [9.17, 15) is 0 Å². The summed E-state index contributed by atoms with van der Waals surface area (Å²) < 4.78 is 5.94. The number of benzene rings is 1. The van der Waals surface area contributed by atoms with E-state index in [4.69, 9.17) is 22.1 Å². The van der Waals surface area contributed by atoms with Gasteiger partial charge in [0.05, 0.1) is 11.6 Å². The minimum Gasteiger partial charge on any atom is -0.492 e. The average Bonchev–Trinajstić information content (AvgIpc) is 3.00. The molecule has 3 rings (SSSR count). The Morgan fingerprint density at radius 1 is 1.26 bits per heavy atom. The average molecular weight is 280 g/mol. The maximum absolute atomic E-state index is 6.26. The molecular formula is C16H22ClNO. The molecule has 2 N–H and O–H groups in total. The molecule has 0 radical (unpaired) electrons. The highest BCUT2D eigenvalue weighted by Crippen LogP contribution is 2.48. The highest BCUT2D eigenvalue weighted by Gasteiger charge is 2.39. The van der Waals surface area contributed by atoms with Gasteiger partial charge in [0, 0.05) is 0 Å². The molecule has 0 aliphatic heterocycles. The van der Waals surface area contributed by atoms with Crippen LogP contribution in [0.25, 0.3) is 0 Å². The summed E-state index contributed by atoms with van der Waals surface area (Å²) >= 11 is 6.26. The van der Waals surface area contributed by atoms with Gasteiger partial charge in [-0.25, -0.2) is 0 Å². The van der Waals surface area contributed by atoms with Gasteiger partial charge in [-0.15, -0.1) is 0 Å². The van der Waals surface area contributed by atoms with Gasteiger partial charge in [0.1, 0.15) is 5.75 Å². The molecular weight excluding hydrogens is 258 g/mol. The second-order valence-electron chi connectivity index (χ2n) is 6.05. The summed E-state index contributed by atoms with van der Waals surface area (Å²) in [6.45, 7) is 1.48. The van der Waals surface area contributed by atoms with Crippen LogP contribution in [0.5, 0.6) is 5.75 Å². The summed E-state index contributed by atoms with van der Waals surface area (Å²) in [4.78, 5) is 0. The molecule has 0 saturated heterocycles. The van der Waals surface area contributed by atoms with E-state index in [0.717, 1.165) is 36.5 Å². The lowest BCUT2D eigenvalue weighted by Gasteiger charge is -2.22. The molecule has 0 spiro atoms. The van der Waals surface area contributed by atoms with Crippen LogP contribution >= 0.6 is 11.6 Å². The SMILES string of the molecule is NCCc1ccc(OCC2CC3CCC2C3)c(Cl)c1. The van der Waals surface area contributed by atoms with Crippen LogP contribution in [0.2, 0.25) is 5.02 Å². The lowest BCUT2D eigenvalue weighted by Crippen LogP contribution is -2.18. The van der Waals surface area contributed by atoms with Crippen molar-refractivity contribution in [3.63, 3.8) is 0 Å². The highest BCUT2D eigenvalue weighted by molar-refractivity contribution is 6.32. The van der Waals surface area contributed by atoms with Gasteiger partial charge in [0.2, 0.25) is 0 Å². The zero-order chi connectivity index (χ0) is 13.2. The molecule has 3 atom stereocenters. The first-order chi connectivity index (χ1) is 9.26. The van der Waals surface area contributed by atoms with Gasteiger partial charge in [0.15, 0.2) is 0 Å². The molecule has 2 aliphatic rings. The van der Waals surface area contributed by atoms with Crippen LogP contribution in [-0.4, -0.2) is 13.2 Å². The Hall–Kier alpha value is -0.730. The van der Waals surface area contributed by atoms with Crippen molar-refractivity contribution in [3.05, 3.63) is 28.8 Å². The second-order valence-corrected chi connectivity index (χ2v) is 6.46. The number of rotatable bonds is 5. The fourth-order valence-electron chi connectivity index (χ4n) is 3.76. The molecule has 19 heavy (non-hydrogen) atoms. The molecule has 2 nitrogen and oxygen atoms in total. The van der Waals surface area contributed by atoms with Crippen molar-refractivity contribution >= 4 is 11.6 Å². The first-order valence-electron chi connectivity index (χ1n) is 7.37. The Morgan fingerprint density at radius 2 is 2.16 bits per heavy atom. The zero-order valence-corrected chi connectivity index (χ0v) is 12.0. The summed E-state index contributed by atoms with van der Waals surface area (Å²) in [6, 6.07) is 6.03. The Kier molecular flexibility index (Phi) is 3.99. The summed E-state index contributed by atoms with van der Waals surface area (Å²) in [5, 5.41) is 0.717. The third kappa shape index (κ3) is 2.90. The Bertz CT molecular complexity index is 448. The number of hydrogen-bond acceptors (Lipinski definition) is 2. The van der Waals surface area contributed by atoms with E-state index in [1.165, 1.54) is 31.2 Å². The summed E-state index contributed by atoms with van der Waals surface area (Å²) in [5.41, 5.74) is 6.73. The molecule has 0 amide bonds. The van der Waals surface area contributed by atoms with Crippen molar-refractivity contribution in [1.82, 2.24) is 0 Å². The molecule has 1 aromatic carbocycles. The quantitative estimate of drug-likeness (QED) is 0.893. The first kappa shape index (κ1) is 13.3. The van der Waals surface area contributed by atoms with E-state index in [2.05, 4.69) is 6.07 Å².